The van der Waals surface area contributed by atoms with E-state index in [4.69, 9.17) is 11.6 Å². The molecule has 1 aliphatic heterocycles. The van der Waals surface area contributed by atoms with Gasteiger partial charge in [0.15, 0.2) is 5.65 Å². The number of carbonyl (C=O) groups excluding carboxylic acids is 1. The molecule has 1 saturated heterocycles. The van der Waals surface area contributed by atoms with Crippen LogP contribution in [0.15, 0.2) is 36.7 Å². The Bertz CT molecular complexity index is 953. The molecule has 0 bridgehead atoms. The van der Waals surface area contributed by atoms with Crippen LogP contribution >= 0.6 is 20.8 Å². The normalized spacial score (nSPS) is 14.8. The molecule has 0 aliphatic carbocycles. The number of anilines is 1. The summed E-state index contributed by atoms with van der Waals surface area (Å²) in [6.45, 7) is 2.87. The van der Waals surface area contributed by atoms with Crippen LogP contribution in [0.4, 0.5) is 5.82 Å². The van der Waals surface area contributed by atoms with Gasteiger partial charge in [-0.2, -0.15) is 4.52 Å². The van der Waals surface area contributed by atoms with Gasteiger partial charge in [0.25, 0.3) is 0 Å². The summed E-state index contributed by atoms with van der Waals surface area (Å²) in [5, 5.41) is 13.9. The monoisotopic (exact) mass is 388 g/mol. The van der Waals surface area contributed by atoms with Crippen molar-refractivity contribution in [3.8, 4) is 0 Å². The van der Waals surface area contributed by atoms with Crippen molar-refractivity contribution in [2.45, 2.75) is 6.42 Å². The smallest absolute Gasteiger partial charge is 0.227 e. The second-order valence-corrected chi connectivity index (χ2v) is 7.25. The number of halogens is 1. The molecule has 0 spiro atoms. The summed E-state index contributed by atoms with van der Waals surface area (Å²) < 4.78 is 1.66. The van der Waals surface area contributed by atoms with Crippen molar-refractivity contribution in [1.29, 1.82) is 0 Å². The number of benzene rings is 1. The molecule has 9 heteroatoms. The van der Waals surface area contributed by atoms with Crippen LogP contribution in [-0.2, 0) is 11.2 Å². The zero-order chi connectivity index (χ0) is 18.1. The molecule has 3 aromatic rings. The highest BCUT2D eigenvalue weighted by atomic mass is 35.5. The molecule has 1 amide bonds. The van der Waals surface area contributed by atoms with E-state index in [-0.39, 0.29) is 5.91 Å². The van der Waals surface area contributed by atoms with Gasteiger partial charge in [0.2, 0.25) is 5.91 Å². The predicted octanol–water partition coefficient (Wildman–Crippen LogP) is 1.17. The quantitative estimate of drug-likeness (QED) is 0.630. The summed E-state index contributed by atoms with van der Waals surface area (Å²) >= 11 is 6.03. The average Bonchev–Trinajstić information content (AvgIpc) is 3.12. The first-order chi connectivity index (χ1) is 12.6. The van der Waals surface area contributed by atoms with Gasteiger partial charge in [-0.1, -0.05) is 17.7 Å². The number of carbonyl (C=O) groups is 1. The minimum atomic E-state index is 0.138. The van der Waals surface area contributed by atoms with Crippen molar-refractivity contribution in [2.24, 2.45) is 0 Å². The van der Waals surface area contributed by atoms with E-state index >= 15 is 0 Å². The van der Waals surface area contributed by atoms with E-state index < -0.39 is 0 Å². The van der Waals surface area contributed by atoms with Gasteiger partial charge in [-0.25, -0.2) is 0 Å². The van der Waals surface area contributed by atoms with E-state index in [1.807, 2.05) is 35.2 Å². The third kappa shape index (κ3) is 3.50. The highest BCUT2D eigenvalue weighted by Gasteiger charge is 2.22. The maximum Gasteiger partial charge on any atom is 0.227 e. The molecule has 3 heterocycles. The second kappa shape index (κ2) is 7.17. The van der Waals surface area contributed by atoms with E-state index in [2.05, 4.69) is 29.4 Å². The predicted molar refractivity (Wildman–Crippen MR) is 104 cm³/mol. The fourth-order valence-electron chi connectivity index (χ4n) is 3.06. The maximum atomic E-state index is 12.6. The number of rotatable bonds is 3. The van der Waals surface area contributed by atoms with Crippen LogP contribution in [0.2, 0.25) is 5.02 Å². The van der Waals surface area contributed by atoms with Crippen LogP contribution in [0.5, 0.6) is 0 Å². The van der Waals surface area contributed by atoms with Gasteiger partial charge < -0.3 is 9.80 Å². The first-order valence-electron chi connectivity index (χ1n) is 8.34. The molecule has 7 nitrogen and oxygen atoms in total. The zero-order valence-corrected chi connectivity index (χ0v) is 16.0. The summed E-state index contributed by atoms with van der Waals surface area (Å²) in [4.78, 5) is 16.7. The SMILES string of the molecule is O=C(Cc1ccc(Cl)c(P)c1)N1CCN(c2ccc3nncn3n2)CC1. The number of fused-ring (bicyclic) bond motifs is 1. The van der Waals surface area contributed by atoms with Gasteiger partial charge in [-0.05, 0) is 35.1 Å². The van der Waals surface area contributed by atoms with E-state index in [1.165, 1.54) is 0 Å². The highest BCUT2D eigenvalue weighted by molar-refractivity contribution is 7.28. The molecule has 0 saturated carbocycles. The molecule has 4 rings (SSSR count). The first kappa shape index (κ1) is 17.2. The molecule has 0 N–H and O–H groups in total. The van der Waals surface area contributed by atoms with Gasteiger partial charge >= 0.3 is 0 Å². The van der Waals surface area contributed by atoms with E-state index in [1.54, 1.807) is 10.8 Å². The molecule has 1 fully saturated rings. The van der Waals surface area contributed by atoms with E-state index in [0.717, 1.165) is 35.4 Å². The lowest BCUT2D eigenvalue weighted by Gasteiger charge is -2.35. The molecular weight excluding hydrogens is 371 g/mol. The molecule has 0 radical (unpaired) electrons. The molecule has 1 unspecified atom stereocenters. The second-order valence-electron chi connectivity index (χ2n) is 6.23. The minimum absolute atomic E-state index is 0.138. The largest absolute Gasteiger partial charge is 0.352 e. The maximum absolute atomic E-state index is 12.6. The van der Waals surface area contributed by atoms with E-state index in [0.29, 0.717) is 24.5 Å². The molecule has 2 aromatic heterocycles. The average molecular weight is 389 g/mol. The summed E-state index contributed by atoms with van der Waals surface area (Å²) in [6.07, 6.45) is 1.98. The van der Waals surface area contributed by atoms with Gasteiger partial charge in [-0.3, -0.25) is 4.79 Å². The van der Waals surface area contributed by atoms with Crippen LogP contribution < -0.4 is 10.2 Å². The van der Waals surface area contributed by atoms with Gasteiger partial charge in [0.1, 0.15) is 12.1 Å². The molecule has 134 valence electrons. The van der Waals surface area contributed by atoms with Crippen molar-refractivity contribution in [2.75, 3.05) is 31.1 Å². The van der Waals surface area contributed by atoms with Gasteiger partial charge in [0, 0.05) is 31.2 Å². The van der Waals surface area contributed by atoms with Crippen LogP contribution in [0.3, 0.4) is 0 Å². The molecule has 1 aromatic carbocycles. The molecular formula is C17H18ClN6OP. The standard InChI is InChI=1S/C17H18ClN6OP/c18-13-2-1-12(9-14(13)26)10-17(25)23-7-5-22(6-8-23)16-4-3-15-20-19-11-24(15)21-16/h1-4,9,11H,5-8,10,26H2. The Labute approximate surface area is 158 Å². The Morgan fingerprint density at radius 2 is 1.96 bits per heavy atom. The van der Waals surface area contributed by atoms with Gasteiger partial charge in [0.05, 0.1) is 6.42 Å². The topological polar surface area (TPSA) is 66.6 Å². The number of aromatic nitrogens is 4. The summed E-state index contributed by atoms with van der Waals surface area (Å²) in [6, 6.07) is 9.52. The molecule has 1 atom stereocenters. The summed E-state index contributed by atoms with van der Waals surface area (Å²) in [5.74, 6) is 1.01. The Morgan fingerprint density at radius 1 is 1.15 bits per heavy atom. The minimum Gasteiger partial charge on any atom is -0.352 e. The third-order valence-corrected chi connectivity index (χ3v) is 5.52. The zero-order valence-electron chi connectivity index (χ0n) is 14.0. The number of piperazine rings is 1. The lowest BCUT2D eigenvalue weighted by Crippen LogP contribution is -2.49. The van der Waals surface area contributed by atoms with E-state index in [9.17, 15) is 4.79 Å². The first-order valence-corrected chi connectivity index (χ1v) is 9.29. The van der Waals surface area contributed by atoms with Crippen LogP contribution in [0.1, 0.15) is 5.56 Å². The van der Waals surface area contributed by atoms with Crippen molar-refractivity contribution < 1.29 is 4.79 Å². The number of amides is 1. The van der Waals surface area contributed by atoms with Gasteiger partial charge in [-0.15, -0.1) is 24.5 Å². The van der Waals surface area contributed by atoms with Crippen molar-refractivity contribution in [1.82, 2.24) is 24.7 Å². The Hall–Kier alpha value is -2.24. The Kier molecular flexibility index (Phi) is 4.74. The van der Waals surface area contributed by atoms with Crippen molar-refractivity contribution in [3.05, 3.63) is 47.2 Å². The molecule has 1 aliphatic rings. The summed E-state index contributed by atoms with van der Waals surface area (Å²) in [5.41, 5.74) is 1.70. The van der Waals surface area contributed by atoms with Crippen LogP contribution in [0, 0.1) is 0 Å². The van der Waals surface area contributed by atoms with Crippen LogP contribution in [-0.4, -0.2) is 56.8 Å². The van der Waals surface area contributed by atoms with Crippen molar-refractivity contribution in [3.63, 3.8) is 0 Å². The number of hydrogen-bond donors (Lipinski definition) is 0. The Morgan fingerprint density at radius 3 is 2.73 bits per heavy atom. The fourth-order valence-corrected chi connectivity index (χ4v) is 3.49. The summed E-state index contributed by atoms with van der Waals surface area (Å²) in [7, 11) is 2.60. The van der Waals surface area contributed by atoms with Crippen molar-refractivity contribution >= 4 is 43.5 Å². The number of nitrogens with zero attached hydrogens (tertiary/aromatic N) is 6. The Balaban J connectivity index is 1.37. The third-order valence-electron chi connectivity index (χ3n) is 4.52. The fraction of sp³-hybridized carbons (Fsp3) is 0.294. The molecule has 26 heavy (non-hydrogen) atoms. The number of hydrogen-bond acceptors (Lipinski definition) is 5. The van der Waals surface area contributed by atoms with Crippen LogP contribution in [0.25, 0.3) is 5.65 Å². The lowest BCUT2D eigenvalue weighted by atomic mass is 10.1. The lowest BCUT2D eigenvalue weighted by molar-refractivity contribution is -0.130. The highest BCUT2D eigenvalue weighted by Crippen LogP contribution is 2.16.